The van der Waals surface area contributed by atoms with Crippen LogP contribution in [0.1, 0.15) is 77.2 Å². The molecule has 1 aromatic carbocycles. The minimum Gasteiger partial charge on any atom is -0.454 e. The molecule has 9 nitrogen and oxygen atoms in total. The molecule has 3 aromatic rings. The number of ether oxygens (including phenoxy) is 2. The van der Waals surface area contributed by atoms with Gasteiger partial charge in [0.2, 0.25) is 6.79 Å². The molecule has 1 fully saturated rings. The number of rotatable bonds is 6. The second kappa shape index (κ2) is 8.44. The lowest BCUT2D eigenvalue weighted by atomic mass is 10.0. The Hall–Kier alpha value is -2.94. The number of H-pyrrole nitrogens is 1. The third kappa shape index (κ3) is 4.10. The van der Waals surface area contributed by atoms with Crippen LogP contribution in [0.2, 0.25) is 0 Å². The SMILES string of the molecule is CC[C@H](c1nnnn1C(C)(C)C)N(Cc1cc2cc3c(cc2[nH]c1=O)OCO3)C1CCCC1. The molecule has 176 valence electrons. The number of hydrogen-bond acceptors (Lipinski definition) is 7. The molecule has 0 spiro atoms. The second-order valence-corrected chi connectivity index (χ2v) is 10.1. The smallest absolute Gasteiger partial charge is 0.252 e. The van der Waals surface area contributed by atoms with Crippen LogP contribution in [-0.2, 0) is 12.1 Å². The first-order chi connectivity index (χ1) is 15.8. The molecule has 1 aliphatic heterocycles. The Labute approximate surface area is 193 Å². The van der Waals surface area contributed by atoms with E-state index in [9.17, 15) is 4.79 Å². The van der Waals surface area contributed by atoms with E-state index < -0.39 is 0 Å². The quantitative estimate of drug-likeness (QED) is 0.606. The van der Waals surface area contributed by atoms with Crippen molar-refractivity contribution in [3.63, 3.8) is 0 Å². The molecule has 0 bridgehead atoms. The zero-order chi connectivity index (χ0) is 23.2. The number of fused-ring (bicyclic) bond motifs is 2. The lowest BCUT2D eigenvalue weighted by molar-refractivity contribution is 0.108. The van der Waals surface area contributed by atoms with Gasteiger partial charge in [0.15, 0.2) is 17.3 Å². The lowest BCUT2D eigenvalue weighted by Crippen LogP contribution is -2.40. The van der Waals surface area contributed by atoms with E-state index in [2.05, 4.69) is 53.1 Å². The number of benzene rings is 1. The largest absolute Gasteiger partial charge is 0.454 e. The molecule has 1 N–H and O–H groups in total. The van der Waals surface area contributed by atoms with Crippen LogP contribution >= 0.6 is 0 Å². The Morgan fingerprint density at radius 3 is 2.61 bits per heavy atom. The molecule has 1 aliphatic carbocycles. The molecule has 0 unspecified atom stereocenters. The maximum Gasteiger partial charge on any atom is 0.252 e. The number of tetrazole rings is 1. The Morgan fingerprint density at radius 1 is 1.18 bits per heavy atom. The monoisotopic (exact) mass is 452 g/mol. The first-order valence-corrected chi connectivity index (χ1v) is 11.8. The van der Waals surface area contributed by atoms with Gasteiger partial charge in [0, 0.05) is 29.6 Å². The second-order valence-electron chi connectivity index (χ2n) is 10.1. The van der Waals surface area contributed by atoms with Crippen molar-refractivity contribution in [1.29, 1.82) is 0 Å². The molecule has 3 heterocycles. The van der Waals surface area contributed by atoms with Gasteiger partial charge >= 0.3 is 0 Å². The van der Waals surface area contributed by atoms with E-state index in [0.29, 0.717) is 24.1 Å². The van der Waals surface area contributed by atoms with E-state index in [-0.39, 0.29) is 23.9 Å². The number of aromatic nitrogens is 5. The first kappa shape index (κ1) is 21.9. The topological polar surface area (TPSA) is 98.2 Å². The van der Waals surface area contributed by atoms with Gasteiger partial charge in [0.25, 0.3) is 5.56 Å². The summed E-state index contributed by atoms with van der Waals surface area (Å²) in [5.74, 6) is 2.24. The van der Waals surface area contributed by atoms with E-state index in [1.165, 1.54) is 12.8 Å². The van der Waals surface area contributed by atoms with Crippen molar-refractivity contribution >= 4 is 10.9 Å². The van der Waals surface area contributed by atoms with Crippen LogP contribution in [0.3, 0.4) is 0 Å². The molecular formula is C24H32N6O3. The molecule has 9 heteroatoms. The molecule has 5 rings (SSSR count). The number of hydrogen-bond donors (Lipinski definition) is 1. The summed E-state index contributed by atoms with van der Waals surface area (Å²) in [4.78, 5) is 18.6. The summed E-state index contributed by atoms with van der Waals surface area (Å²) in [6.07, 6.45) is 5.52. The summed E-state index contributed by atoms with van der Waals surface area (Å²) in [6.45, 7) is 9.24. The van der Waals surface area contributed by atoms with E-state index in [0.717, 1.165) is 41.6 Å². The van der Waals surface area contributed by atoms with Crippen LogP contribution in [0, 0.1) is 0 Å². The Bertz CT molecular complexity index is 1210. The van der Waals surface area contributed by atoms with Gasteiger partial charge < -0.3 is 14.5 Å². The molecule has 2 aromatic heterocycles. The van der Waals surface area contributed by atoms with Crippen molar-refractivity contribution in [2.75, 3.05) is 6.79 Å². The third-order valence-corrected chi connectivity index (χ3v) is 6.78. The number of nitrogens with one attached hydrogen (secondary N) is 1. The molecule has 0 amide bonds. The van der Waals surface area contributed by atoms with Crippen molar-refractivity contribution in [3.05, 3.63) is 39.9 Å². The van der Waals surface area contributed by atoms with Gasteiger partial charge in [-0.3, -0.25) is 9.69 Å². The fourth-order valence-electron chi connectivity index (χ4n) is 5.13. The van der Waals surface area contributed by atoms with Gasteiger partial charge in [-0.1, -0.05) is 19.8 Å². The highest BCUT2D eigenvalue weighted by molar-refractivity contribution is 5.83. The van der Waals surface area contributed by atoms with Crippen LogP contribution in [0.15, 0.2) is 23.0 Å². The summed E-state index contributed by atoms with van der Waals surface area (Å²) in [5, 5.41) is 13.7. The van der Waals surface area contributed by atoms with Gasteiger partial charge in [-0.2, -0.15) is 0 Å². The van der Waals surface area contributed by atoms with Crippen molar-refractivity contribution in [2.45, 2.75) is 84.0 Å². The maximum absolute atomic E-state index is 13.1. The minimum absolute atomic E-state index is 0.0224. The zero-order valence-electron chi connectivity index (χ0n) is 19.8. The summed E-state index contributed by atoms with van der Waals surface area (Å²) in [7, 11) is 0. The average molecular weight is 453 g/mol. The van der Waals surface area contributed by atoms with Gasteiger partial charge in [0.05, 0.1) is 17.1 Å². The lowest BCUT2D eigenvalue weighted by Gasteiger charge is -2.36. The standard InChI is InChI=1S/C24H32N6O3/c1-5-19(22-26-27-28-30(22)24(2,3)4)29(17-8-6-7-9-17)13-16-10-15-11-20-21(33-14-32-20)12-18(15)25-23(16)31/h10-12,17,19H,5-9,13-14H2,1-4H3,(H,25,31)/t19-/m1/s1. The van der Waals surface area contributed by atoms with E-state index >= 15 is 0 Å². The van der Waals surface area contributed by atoms with Crippen LogP contribution in [-0.4, -0.2) is 42.9 Å². The van der Waals surface area contributed by atoms with Crippen LogP contribution in [0.25, 0.3) is 10.9 Å². The third-order valence-electron chi connectivity index (χ3n) is 6.78. The predicted octanol–water partition coefficient (Wildman–Crippen LogP) is 3.89. The van der Waals surface area contributed by atoms with Gasteiger partial charge in [0.1, 0.15) is 0 Å². The van der Waals surface area contributed by atoms with Crippen molar-refractivity contribution in [2.24, 2.45) is 0 Å². The van der Waals surface area contributed by atoms with Crippen LogP contribution in [0.4, 0.5) is 0 Å². The molecule has 0 saturated heterocycles. The van der Waals surface area contributed by atoms with Crippen LogP contribution < -0.4 is 15.0 Å². The normalized spacial score (nSPS) is 17.4. The fourth-order valence-corrected chi connectivity index (χ4v) is 5.13. The fraction of sp³-hybridized carbons (Fsp3) is 0.583. The van der Waals surface area contributed by atoms with Crippen molar-refractivity contribution < 1.29 is 9.47 Å². The van der Waals surface area contributed by atoms with Crippen molar-refractivity contribution in [3.8, 4) is 11.5 Å². The predicted molar refractivity (Wildman–Crippen MR) is 124 cm³/mol. The molecular weight excluding hydrogens is 420 g/mol. The minimum atomic E-state index is -0.226. The number of aromatic amines is 1. The first-order valence-electron chi connectivity index (χ1n) is 11.8. The maximum atomic E-state index is 13.1. The van der Waals surface area contributed by atoms with E-state index in [1.807, 2.05) is 22.9 Å². The molecule has 1 atom stereocenters. The van der Waals surface area contributed by atoms with E-state index in [4.69, 9.17) is 9.47 Å². The van der Waals surface area contributed by atoms with Gasteiger partial charge in [-0.25, -0.2) is 4.68 Å². The highest BCUT2D eigenvalue weighted by atomic mass is 16.7. The van der Waals surface area contributed by atoms with Gasteiger partial charge in [-0.05, 0) is 62.6 Å². The number of pyridine rings is 1. The average Bonchev–Trinajstić information content (AvgIpc) is 3.53. The Kier molecular flexibility index (Phi) is 5.60. The summed E-state index contributed by atoms with van der Waals surface area (Å²) in [5.41, 5.74) is 1.19. The summed E-state index contributed by atoms with van der Waals surface area (Å²) in [6, 6.07) is 6.18. The molecule has 1 saturated carbocycles. The molecule has 0 radical (unpaired) electrons. The molecule has 33 heavy (non-hydrogen) atoms. The van der Waals surface area contributed by atoms with Crippen LogP contribution in [0.5, 0.6) is 11.5 Å². The summed E-state index contributed by atoms with van der Waals surface area (Å²) >= 11 is 0. The number of nitrogens with zero attached hydrogens (tertiary/aromatic N) is 5. The van der Waals surface area contributed by atoms with Gasteiger partial charge in [-0.15, -0.1) is 5.10 Å². The molecule has 2 aliphatic rings. The van der Waals surface area contributed by atoms with E-state index in [1.54, 1.807) is 0 Å². The Balaban J connectivity index is 1.54. The zero-order valence-corrected chi connectivity index (χ0v) is 19.8. The van der Waals surface area contributed by atoms with Crippen molar-refractivity contribution in [1.82, 2.24) is 30.1 Å². The highest BCUT2D eigenvalue weighted by Crippen LogP contribution is 2.37. The highest BCUT2D eigenvalue weighted by Gasteiger charge is 2.34. The summed E-state index contributed by atoms with van der Waals surface area (Å²) < 4.78 is 12.9. The Morgan fingerprint density at radius 2 is 1.91 bits per heavy atom.